The number of hydrogen-bond donors (Lipinski definition) is 0. The highest BCUT2D eigenvalue weighted by molar-refractivity contribution is 7.98. The monoisotopic (exact) mass is 306 g/mol. The van der Waals surface area contributed by atoms with Crippen LogP contribution in [-0.4, -0.2) is 44.4 Å². The van der Waals surface area contributed by atoms with Crippen LogP contribution in [0.15, 0.2) is 23.7 Å². The van der Waals surface area contributed by atoms with E-state index < -0.39 is 5.97 Å². The van der Waals surface area contributed by atoms with Gasteiger partial charge in [0.25, 0.3) is 0 Å². The Morgan fingerprint density at radius 1 is 1.38 bits per heavy atom. The van der Waals surface area contributed by atoms with Crippen LogP contribution in [0.2, 0.25) is 0 Å². The van der Waals surface area contributed by atoms with Gasteiger partial charge in [0.2, 0.25) is 5.78 Å². The van der Waals surface area contributed by atoms with Gasteiger partial charge in [-0.2, -0.15) is 5.10 Å². The summed E-state index contributed by atoms with van der Waals surface area (Å²) in [5, 5.41) is 4.36. The topological polar surface area (TPSA) is 87.0 Å². The average molecular weight is 306 g/mol. The second-order valence-corrected chi connectivity index (χ2v) is 4.84. The van der Waals surface area contributed by atoms with Gasteiger partial charge in [-0.25, -0.2) is 14.8 Å². The molecule has 0 aliphatic heterocycles. The Kier molecular flexibility index (Phi) is 4.69. The minimum Gasteiger partial charge on any atom is -0.462 e. The number of esters is 1. The SMILES string of the molecule is CCOC(=O)c1cnc(SC)nc1C(=O)c1cnn(C)c1. The molecule has 8 heteroatoms. The van der Waals surface area contributed by atoms with Crippen LogP contribution < -0.4 is 0 Å². The molecule has 0 saturated heterocycles. The van der Waals surface area contributed by atoms with Crippen LogP contribution in [0.4, 0.5) is 0 Å². The molecule has 2 aromatic heterocycles. The Hall–Kier alpha value is -2.22. The Balaban J connectivity index is 2.48. The molecule has 0 aromatic carbocycles. The third-order valence-electron chi connectivity index (χ3n) is 2.63. The van der Waals surface area contributed by atoms with Crippen molar-refractivity contribution in [1.29, 1.82) is 0 Å². The number of thioether (sulfide) groups is 1. The number of aromatic nitrogens is 4. The van der Waals surface area contributed by atoms with Crippen LogP contribution in [0.25, 0.3) is 0 Å². The lowest BCUT2D eigenvalue weighted by Gasteiger charge is -2.07. The summed E-state index contributed by atoms with van der Waals surface area (Å²) in [6.45, 7) is 1.90. The number of nitrogens with zero attached hydrogens (tertiary/aromatic N) is 4. The van der Waals surface area contributed by atoms with Crippen LogP contribution in [0.1, 0.15) is 33.3 Å². The summed E-state index contributed by atoms with van der Waals surface area (Å²) in [4.78, 5) is 32.6. The van der Waals surface area contributed by atoms with E-state index in [9.17, 15) is 9.59 Å². The number of hydrogen-bond acceptors (Lipinski definition) is 7. The van der Waals surface area contributed by atoms with Crippen LogP contribution in [0.3, 0.4) is 0 Å². The molecule has 0 aliphatic carbocycles. The van der Waals surface area contributed by atoms with Gasteiger partial charge < -0.3 is 4.74 Å². The molecule has 0 spiro atoms. The summed E-state index contributed by atoms with van der Waals surface area (Å²) in [6, 6.07) is 0. The fourth-order valence-corrected chi connectivity index (χ4v) is 2.01. The summed E-state index contributed by atoms with van der Waals surface area (Å²) in [5.41, 5.74) is 0.443. The molecule has 0 radical (unpaired) electrons. The first-order valence-electron chi connectivity index (χ1n) is 6.18. The van der Waals surface area contributed by atoms with Gasteiger partial charge in [-0.3, -0.25) is 9.48 Å². The molecule has 2 rings (SSSR count). The fourth-order valence-electron chi connectivity index (χ4n) is 1.67. The number of rotatable bonds is 5. The first kappa shape index (κ1) is 15.2. The normalized spacial score (nSPS) is 10.4. The number of carbonyl (C=O) groups is 2. The molecule has 0 fully saturated rings. The van der Waals surface area contributed by atoms with Crippen molar-refractivity contribution in [2.75, 3.05) is 12.9 Å². The molecule has 0 amide bonds. The van der Waals surface area contributed by atoms with Crippen molar-refractivity contribution in [2.45, 2.75) is 12.1 Å². The van der Waals surface area contributed by atoms with E-state index in [4.69, 9.17) is 4.74 Å². The van der Waals surface area contributed by atoms with Crippen molar-refractivity contribution in [3.8, 4) is 0 Å². The van der Waals surface area contributed by atoms with Crippen molar-refractivity contribution in [2.24, 2.45) is 7.05 Å². The van der Waals surface area contributed by atoms with Crippen molar-refractivity contribution in [3.63, 3.8) is 0 Å². The predicted octanol–water partition coefficient (Wildman–Crippen LogP) is 1.34. The highest BCUT2D eigenvalue weighted by Gasteiger charge is 2.23. The molecule has 0 aliphatic rings. The summed E-state index contributed by atoms with van der Waals surface area (Å²) in [6.07, 6.45) is 6.11. The van der Waals surface area contributed by atoms with Crippen LogP contribution in [0, 0.1) is 0 Å². The van der Waals surface area contributed by atoms with Gasteiger partial charge in [0.1, 0.15) is 11.3 Å². The van der Waals surface area contributed by atoms with Crippen LogP contribution >= 0.6 is 11.8 Å². The Labute approximate surface area is 125 Å². The van der Waals surface area contributed by atoms with E-state index in [1.54, 1.807) is 26.4 Å². The third kappa shape index (κ3) is 3.27. The molecule has 2 aromatic rings. The van der Waals surface area contributed by atoms with Crippen molar-refractivity contribution in [1.82, 2.24) is 19.7 Å². The van der Waals surface area contributed by atoms with Crippen molar-refractivity contribution >= 4 is 23.5 Å². The van der Waals surface area contributed by atoms with E-state index in [1.165, 1.54) is 28.8 Å². The minimum absolute atomic E-state index is 0.0285. The lowest BCUT2D eigenvalue weighted by Crippen LogP contribution is -2.15. The molecule has 110 valence electrons. The number of ether oxygens (including phenoxy) is 1. The standard InChI is InChI=1S/C13H14N4O3S/c1-4-20-12(19)9-6-14-13(21-3)16-10(9)11(18)8-5-15-17(2)7-8/h5-7H,4H2,1-3H3. The second kappa shape index (κ2) is 6.49. The second-order valence-electron chi connectivity index (χ2n) is 4.07. The summed E-state index contributed by atoms with van der Waals surface area (Å²) in [5.74, 6) is -0.999. The molecule has 0 saturated carbocycles. The predicted molar refractivity (Wildman–Crippen MR) is 76.4 cm³/mol. The number of aryl methyl sites for hydroxylation is 1. The van der Waals surface area contributed by atoms with E-state index in [0.29, 0.717) is 10.7 Å². The van der Waals surface area contributed by atoms with E-state index in [1.807, 2.05) is 0 Å². The Morgan fingerprint density at radius 3 is 2.71 bits per heavy atom. The van der Waals surface area contributed by atoms with Gasteiger partial charge in [-0.15, -0.1) is 0 Å². The first-order valence-corrected chi connectivity index (χ1v) is 7.40. The quantitative estimate of drug-likeness (QED) is 0.356. The van der Waals surface area contributed by atoms with E-state index in [2.05, 4.69) is 15.1 Å². The maximum Gasteiger partial charge on any atom is 0.342 e. The highest BCUT2D eigenvalue weighted by Crippen LogP contribution is 2.16. The smallest absolute Gasteiger partial charge is 0.342 e. The van der Waals surface area contributed by atoms with Gasteiger partial charge in [0.15, 0.2) is 5.16 Å². The number of carbonyl (C=O) groups excluding carboxylic acids is 2. The lowest BCUT2D eigenvalue weighted by molar-refractivity contribution is 0.0522. The molecule has 0 unspecified atom stereocenters. The lowest BCUT2D eigenvalue weighted by atomic mass is 10.1. The van der Waals surface area contributed by atoms with E-state index in [0.717, 1.165) is 0 Å². The zero-order valence-corrected chi connectivity index (χ0v) is 12.7. The highest BCUT2D eigenvalue weighted by atomic mass is 32.2. The fraction of sp³-hybridized carbons (Fsp3) is 0.308. The average Bonchev–Trinajstić information content (AvgIpc) is 2.92. The zero-order valence-electron chi connectivity index (χ0n) is 11.9. The molecule has 0 bridgehead atoms. The first-order chi connectivity index (χ1) is 10.1. The van der Waals surface area contributed by atoms with Crippen molar-refractivity contribution in [3.05, 3.63) is 35.4 Å². The van der Waals surface area contributed by atoms with Gasteiger partial charge in [-0.1, -0.05) is 11.8 Å². The van der Waals surface area contributed by atoms with Crippen LogP contribution in [0.5, 0.6) is 0 Å². The molecule has 2 heterocycles. The third-order valence-corrected chi connectivity index (χ3v) is 3.19. The molecular formula is C13H14N4O3S. The van der Waals surface area contributed by atoms with Gasteiger partial charge in [0, 0.05) is 19.4 Å². The van der Waals surface area contributed by atoms with Gasteiger partial charge >= 0.3 is 5.97 Å². The van der Waals surface area contributed by atoms with Crippen molar-refractivity contribution < 1.29 is 14.3 Å². The van der Waals surface area contributed by atoms with E-state index in [-0.39, 0.29) is 23.6 Å². The minimum atomic E-state index is -0.614. The maximum absolute atomic E-state index is 12.5. The van der Waals surface area contributed by atoms with Gasteiger partial charge in [-0.05, 0) is 13.2 Å². The Morgan fingerprint density at radius 2 is 2.14 bits per heavy atom. The summed E-state index contributed by atoms with van der Waals surface area (Å²) in [7, 11) is 1.70. The summed E-state index contributed by atoms with van der Waals surface area (Å²) >= 11 is 1.29. The summed E-state index contributed by atoms with van der Waals surface area (Å²) < 4.78 is 6.44. The van der Waals surface area contributed by atoms with Crippen LogP contribution in [-0.2, 0) is 11.8 Å². The molecule has 0 atom stereocenters. The molecular weight excluding hydrogens is 292 g/mol. The largest absolute Gasteiger partial charge is 0.462 e. The van der Waals surface area contributed by atoms with E-state index >= 15 is 0 Å². The molecule has 21 heavy (non-hydrogen) atoms. The maximum atomic E-state index is 12.5. The molecule has 0 N–H and O–H groups in total. The number of ketones is 1. The molecule has 7 nitrogen and oxygen atoms in total. The van der Waals surface area contributed by atoms with Gasteiger partial charge in [0.05, 0.1) is 18.4 Å². The Bertz CT molecular complexity index is 684. The zero-order chi connectivity index (χ0) is 15.4.